The van der Waals surface area contributed by atoms with Crippen molar-refractivity contribution in [1.82, 2.24) is 15.1 Å². The summed E-state index contributed by atoms with van der Waals surface area (Å²) >= 11 is 0. The molecule has 2 aromatic rings. The van der Waals surface area contributed by atoms with Crippen LogP contribution in [0.2, 0.25) is 0 Å². The van der Waals surface area contributed by atoms with Gasteiger partial charge in [0, 0.05) is 57.8 Å². The van der Waals surface area contributed by atoms with Gasteiger partial charge < -0.3 is 15.0 Å². The lowest BCUT2D eigenvalue weighted by Gasteiger charge is -2.42. The van der Waals surface area contributed by atoms with Crippen LogP contribution in [-0.2, 0) is 9.53 Å². The summed E-state index contributed by atoms with van der Waals surface area (Å²) in [4.78, 5) is 17.3. The highest BCUT2D eigenvalue weighted by atomic mass is 16.5. The van der Waals surface area contributed by atoms with Gasteiger partial charge >= 0.3 is 0 Å². The number of amides is 1. The molecule has 1 amide bonds. The van der Waals surface area contributed by atoms with Crippen molar-refractivity contribution in [2.45, 2.75) is 31.8 Å². The van der Waals surface area contributed by atoms with E-state index in [-0.39, 0.29) is 12.0 Å². The van der Waals surface area contributed by atoms with Crippen LogP contribution in [0, 0.1) is 5.92 Å². The largest absolute Gasteiger partial charge is 0.383 e. The van der Waals surface area contributed by atoms with Crippen LogP contribution in [-0.4, -0.2) is 68.2 Å². The molecule has 1 saturated carbocycles. The van der Waals surface area contributed by atoms with Crippen molar-refractivity contribution < 1.29 is 9.53 Å². The van der Waals surface area contributed by atoms with Gasteiger partial charge in [0.15, 0.2) is 0 Å². The molecular weight excluding hydrogens is 362 g/mol. The maximum atomic E-state index is 12.8. The number of piperazine rings is 1. The number of hydrogen-bond acceptors (Lipinski definition) is 4. The van der Waals surface area contributed by atoms with E-state index in [4.69, 9.17) is 4.74 Å². The Labute approximate surface area is 174 Å². The second-order valence-electron chi connectivity index (χ2n) is 8.48. The molecule has 1 aliphatic carbocycles. The van der Waals surface area contributed by atoms with Crippen molar-refractivity contribution in [2.24, 2.45) is 5.92 Å². The first-order valence-electron chi connectivity index (χ1n) is 10.9. The fraction of sp³-hybridized carbons (Fsp3) is 0.542. The molecule has 1 saturated heterocycles. The van der Waals surface area contributed by atoms with Crippen molar-refractivity contribution in [3.8, 4) is 0 Å². The van der Waals surface area contributed by atoms with Crippen LogP contribution < -0.4 is 5.32 Å². The normalized spacial score (nSPS) is 23.7. The van der Waals surface area contributed by atoms with Crippen molar-refractivity contribution >= 4 is 16.7 Å². The number of benzene rings is 2. The van der Waals surface area contributed by atoms with E-state index >= 15 is 0 Å². The van der Waals surface area contributed by atoms with Crippen LogP contribution in [0.15, 0.2) is 42.5 Å². The minimum Gasteiger partial charge on any atom is -0.383 e. The number of carbonyl (C=O) groups excluding carboxylic acids is 1. The molecule has 1 atom stereocenters. The zero-order valence-corrected chi connectivity index (χ0v) is 17.6. The highest BCUT2D eigenvalue weighted by molar-refractivity contribution is 5.86. The first-order valence-corrected chi connectivity index (χ1v) is 10.9. The maximum absolute atomic E-state index is 12.8. The van der Waals surface area contributed by atoms with Crippen molar-refractivity contribution in [3.63, 3.8) is 0 Å². The summed E-state index contributed by atoms with van der Waals surface area (Å²) in [5, 5.41) is 6.35. The van der Waals surface area contributed by atoms with Gasteiger partial charge in [-0.25, -0.2) is 0 Å². The Morgan fingerprint density at radius 2 is 1.83 bits per heavy atom. The molecule has 0 radical (unpaired) electrons. The zero-order valence-electron chi connectivity index (χ0n) is 17.6. The van der Waals surface area contributed by atoms with Gasteiger partial charge in [-0.05, 0) is 36.1 Å². The average Bonchev–Trinajstić information content (AvgIpc) is 2.74. The molecule has 0 aromatic heterocycles. The fourth-order valence-corrected chi connectivity index (χ4v) is 4.70. The van der Waals surface area contributed by atoms with Gasteiger partial charge in [-0.15, -0.1) is 0 Å². The average molecular weight is 396 g/mol. The van der Waals surface area contributed by atoms with E-state index < -0.39 is 0 Å². The third kappa shape index (κ3) is 4.63. The van der Waals surface area contributed by atoms with Crippen molar-refractivity contribution in [1.29, 1.82) is 0 Å². The van der Waals surface area contributed by atoms with Gasteiger partial charge in [0.05, 0.1) is 6.61 Å². The predicted octanol–water partition coefficient (Wildman–Crippen LogP) is 3.06. The minimum atomic E-state index is 0.192. The topological polar surface area (TPSA) is 44.8 Å². The molecule has 4 rings (SSSR count). The van der Waals surface area contributed by atoms with Crippen LogP contribution in [0.5, 0.6) is 0 Å². The molecular formula is C24H33N3O2. The third-order valence-electron chi connectivity index (χ3n) is 6.56. The molecule has 0 spiro atoms. The Morgan fingerprint density at radius 1 is 1.10 bits per heavy atom. The van der Waals surface area contributed by atoms with Gasteiger partial charge in [0.2, 0.25) is 5.91 Å². The lowest BCUT2D eigenvalue weighted by atomic mass is 9.78. The number of hydrogen-bond donors (Lipinski definition) is 1. The predicted molar refractivity (Wildman–Crippen MR) is 117 cm³/mol. The summed E-state index contributed by atoms with van der Waals surface area (Å²) in [6, 6.07) is 15.8. The molecule has 0 bridgehead atoms. The first-order chi connectivity index (χ1) is 14.2. The second kappa shape index (κ2) is 9.24. The van der Waals surface area contributed by atoms with Gasteiger partial charge in [0.1, 0.15) is 0 Å². The van der Waals surface area contributed by atoms with Crippen LogP contribution >= 0.6 is 0 Å². The molecule has 1 N–H and O–H groups in total. The Bertz CT molecular complexity index is 820. The molecule has 29 heavy (non-hydrogen) atoms. The quantitative estimate of drug-likeness (QED) is 0.783. The van der Waals surface area contributed by atoms with E-state index in [9.17, 15) is 4.79 Å². The number of rotatable bonds is 7. The van der Waals surface area contributed by atoms with Gasteiger partial charge in [-0.1, -0.05) is 42.5 Å². The summed E-state index contributed by atoms with van der Waals surface area (Å²) in [7, 11) is 1.74. The summed E-state index contributed by atoms with van der Waals surface area (Å²) in [6.07, 6.45) is 1.91. The summed E-state index contributed by atoms with van der Waals surface area (Å²) in [5.41, 5.74) is 1.34. The lowest BCUT2D eigenvalue weighted by Crippen LogP contribution is -2.54. The number of fused-ring (bicyclic) bond motifs is 1. The summed E-state index contributed by atoms with van der Waals surface area (Å²) < 4.78 is 5.15. The lowest BCUT2D eigenvalue weighted by molar-refractivity contribution is -0.141. The standard InChI is InChI=1S/C24H33N3O2/c1-18(22-9-5-7-19-6-3-4-8-23(19)22)25-21-16-20(17-21)24(28)27-12-10-26(11-13-27)14-15-29-2/h3-9,18,20-21,25H,10-17H2,1-2H3. The Morgan fingerprint density at radius 3 is 2.59 bits per heavy atom. The Balaban J connectivity index is 1.25. The molecule has 2 aliphatic rings. The van der Waals surface area contributed by atoms with Crippen molar-refractivity contribution in [2.75, 3.05) is 46.4 Å². The number of nitrogens with zero attached hydrogens (tertiary/aromatic N) is 2. The van der Waals surface area contributed by atoms with Gasteiger partial charge in [-0.3, -0.25) is 9.69 Å². The molecule has 5 nitrogen and oxygen atoms in total. The van der Waals surface area contributed by atoms with E-state index in [1.807, 2.05) is 0 Å². The van der Waals surface area contributed by atoms with Crippen LogP contribution in [0.25, 0.3) is 10.8 Å². The summed E-state index contributed by atoms with van der Waals surface area (Å²) in [5.74, 6) is 0.546. The SMILES string of the molecule is COCCN1CCN(C(=O)C2CC(NC(C)c3cccc4ccccc34)C2)CC1. The molecule has 5 heteroatoms. The van der Waals surface area contributed by atoms with Crippen molar-refractivity contribution in [3.05, 3.63) is 48.0 Å². The molecule has 1 heterocycles. The number of nitrogens with one attached hydrogen (secondary N) is 1. The van der Waals surface area contributed by atoms with Crippen LogP contribution in [0.3, 0.4) is 0 Å². The number of ether oxygens (including phenoxy) is 1. The monoisotopic (exact) mass is 395 g/mol. The highest BCUT2D eigenvalue weighted by Gasteiger charge is 2.38. The third-order valence-corrected chi connectivity index (χ3v) is 6.56. The van der Waals surface area contributed by atoms with Gasteiger partial charge in [0.25, 0.3) is 0 Å². The smallest absolute Gasteiger partial charge is 0.225 e. The highest BCUT2D eigenvalue weighted by Crippen LogP contribution is 2.32. The molecule has 1 aliphatic heterocycles. The van der Waals surface area contributed by atoms with E-state index in [1.165, 1.54) is 16.3 Å². The van der Waals surface area contributed by atoms with E-state index in [1.54, 1.807) is 7.11 Å². The van der Waals surface area contributed by atoms with E-state index in [2.05, 4.69) is 64.5 Å². The molecule has 156 valence electrons. The van der Waals surface area contributed by atoms with Crippen LogP contribution in [0.4, 0.5) is 0 Å². The number of carbonyl (C=O) groups is 1. The number of methoxy groups -OCH3 is 1. The molecule has 2 aromatic carbocycles. The Kier molecular flexibility index (Phi) is 6.48. The molecule has 2 fully saturated rings. The second-order valence-corrected chi connectivity index (χ2v) is 8.48. The minimum absolute atomic E-state index is 0.192. The first kappa shape index (κ1) is 20.3. The van der Waals surface area contributed by atoms with Gasteiger partial charge in [-0.2, -0.15) is 0 Å². The Hall–Kier alpha value is -1.95. The maximum Gasteiger partial charge on any atom is 0.225 e. The van der Waals surface area contributed by atoms with E-state index in [0.29, 0.717) is 11.9 Å². The zero-order chi connectivity index (χ0) is 20.2. The van der Waals surface area contributed by atoms with E-state index in [0.717, 1.165) is 52.2 Å². The fourth-order valence-electron chi connectivity index (χ4n) is 4.70. The van der Waals surface area contributed by atoms with Crippen LogP contribution in [0.1, 0.15) is 31.4 Å². The molecule has 1 unspecified atom stereocenters. The summed E-state index contributed by atoms with van der Waals surface area (Å²) in [6.45, 7) is 7.57.